The molecule has 126 valence electrons. The van der Waals surface area contributed by atoms with E-state index in [1.807, 2.05) is 36.1 Å². The number of amides is 1. The van der Waals surface area contributed by atoms with Gasteiger partial charge in [-0.15, -0.1) is 0 Å². The number of para-hydroxylation sites is 1. The normalized spacial score (nSPS) is 23.0. The molecule has 6 heteroatoms. The minimum atomic E-state index is -0.141. The van der Waals surface area contributed by atoms with E-state index in [1.54, 1.807) is 0 Å². The predicted octanol–water partition coefficient (Wildman–Crippen LogP) is 2.55. The topological polar surface area (TPSA) is 68.5 Å². The van der Waals surface area contributed by atoms with Gasteiger partial charge in [0, 0.05) is 13.0 Å². The summed E-state index contributed by atoms with van der Waals surface area (Å²) in [6, 6.07) is 7.86. The Morgan fingerprint density at radius 3 is 3.08 bits per heavy atom. The lowest BCUT2D eigenvalue weighted by Gasteiger charge is -2.30. The second-order valence-electron chi connectivity index (χ2n) is 6.41. The van der Waals surface area contributed by atoms with Crippen LogP contribution in [0.1, 0.15) is 43.1 Å². The first-order chi connectivity index (χ1) is 11.8. The van der Waals surface area contributed by atoms with Crippen molar-refractivity contribution in [1.29, 1.82) is 0 Å². The van der Waals surface area contributed by atoms with Crippen molar-refractivity contribution in [2.75, 3.05) is 13.2 Å². The van der Waals surface area contributed by atoms with Gasteiger partial charge in [-0.2, -0.15) is 4.98 Å². The molecule has 2 aliphatic rings. The number of nitrogens with zero attached hydrogens (tertiary/aromatic N) is 3. The summed E-state index contributed by atoms with van der Waals surface area (Å²) in [6.07, 6.45) is 3.29. The van der Waals surface area contributed by atoms with Crippen molar-refractivity contribution in [3.05, 3.63) is 41.5 Å². The zero-order valence-corrected chi connectivity index (χ0v) is 13.8. The Labute approximate surface area is 140 Å². The van der Waals surface area contributed by atoms with Gasteiger partial charge in [0.15, 0.2) is 5.82 Å². The molecule has 1 fully saturated rings. The van der Waals surface area contributed by atoms with Gasteiger partial charge in [0.05, 0.1) is 12.0 Å². The third kappa shape index (κ3) is 2.66. The van der Waals surface area contributed by atoms with Gasteiger partial charge in [-0.05, 0) is 30.9 Å². The van der Waals surface area contributed by atoms with E-state index in [1.165, 1.54) is 0 Å². The van der Waals surface area contributed by atoms with Crippen molar-refractivity contribution in [1.82, 2.24) is 15.0 Å². The molecule has 0 radical (unpaired) electrons. The predicted molar refractivity (Wildman–Crippen MR) is 86.5 cm³/mol. The van der Waals surface area contributed by atoms with Crippen LogP contribution in [0.15, 0.2) is 28.8 Å². The molecule has 4 rings (SSSR count). The van der Waals surface area contributed by atoms with E-state index in [-0.39, 0.29) is 17.9 Å². The van der Waals surface area contributed by atoms with Crippen LogP contribution in [0.2, 0.25) is 0 Å². The molecule has 1 aromatic heterocycles. The van der Waals surface area contributed by atoms with E-state index >= 15 is 0 Å². The zero-order chi connectivity index (χ0) is 16.5. The van der Waals surface area contributed by atoms with Crippen LogP contribution in [-0.2, 0) is 17.6 Å². The van der Waals surface area contributed by atoms with Gasteiger partial charge in [-0.3, -0.25) is 4.79 Å². The van der Waals surface area contributed by atoms with Crippen LogP contribution >= 0.6 is 0 Å². The molecule has 1 aromatic carbocycles. The van der Waals surface area contributed by atoms with Gasteiger partial charge in [0.1, 0.15) is 12.4 Å². The number of carbonyl (C=O) groups excluding carboxylic acids is 1. The monoisotopic (exact) mass is 327 g/mol. The average Bonchev–Trinajstić information content (AvgIpc) is 3.29. The summed E-state index contributed by atoms with van der Waals surface area (Å²) in [5, 5.41) is 4.07. The number of aromatic nitrogens is 2. The van der Waals surface area contributed by atoms with E-state index in [9.17, 15) is 4.79 Å². The molecular weight excluding hydrogens is 306 g/mol. The molecule has 2 aromatic rings. The highest BCUT2D eigenvalue weighted by Gasteiger charge is 2.38. The molecule has 2 aliphatic heterocycles. The van der Waals surface area contributed by atoms with Gasteiger partial charge in [-0.25, -0.2) is 0 Å². The molecule has 0 bridgehead atoms. The highest BCUT2D eigenvalue weighted by Crippen LogP contribution is 2.34. The van der Waals surface area contributed by atoms with Gasteiger partial charge >= 0.3 is 0 Å². The number of rotatable bonds is 3. The molecule has 24 heavy (non-hydrogen) atoms. The molecular formula is C18H21N3O3. The summed E-state index contributed by atoms with van der Waals surface area (Å²) < 4.78 is 11.0. The highest BCUT2D eigenvalue weighted by atomic mass is 16.5. The number of fused-ring (bicyclic) bond motifs is 1. The van der Waals surface area contributed by atoms with Crippen LogP contribution in [0.3, 0.4) is 0 Å². The fraction of sp³-hybridized carbons (Fsp3) is 0.500. The van der Waals surface area contributed by atoms with Crippen LogP contribution in [0.5, 0.6) is 5.75 Å². The number of benzene rings is 1. The van der Waals surface area contributed by atoms with E-state index in [0.717, 1.165) is 37.1 Å². The van der Waals surface area contributed by atoms with Crippen molar-refractivity contribution < 1.29 is 14.1 Å². The Kier molecular flexibility index (Phi) is 3.96. The molecule has 0 saturated carbocycles. The maximum atomic E-state index is 13.0. The Bertz CT molecular complexity index is 743. The third-order valence-electron chi connectivity index (χ3n) is 4.85. The lowest BCUT2D eigenvalue weighted by Crippen LogP contribution is -2.40. The average molecular weight is 327 g/mol. The minimum Gasteiger partial charge on any atom is -0.492 e. The van der Waals surface area contributed by atoms with Gasteiger partial charge in [0.2, 0.25) is 11.8 Å². The summed E-state index contributed by atoms with van der Waals surface area (Å²) in [5.41, 5.74) is 1.10. The minimum absolute atomic E-state index is 0.0706. The third-order valence-corrected chi connectivity index (χ3v) is 4.85. The number of carbonyl (C=O) groups is 1. The van der Waals surface area contributed by atoms with Crippen LogP contribution in [0.4, 0.5) is 0 Å². The standard InChI is InChI=1S/C18H21N3O3/c1-2-16-19-17(20-24-16)14-7-5-9-21(14)18(22)13-10-12-6-3-4-8-15(12)23-11-13/h3-4,6,8,13-14H,2,5,7,9-11H2,1H3. The van der Waals surface area contributed by atoms with Crippen molar-refractivity contribution in [3.63, 3.8) is 0 Å². The molecule has 0 aliphatic carbocycles. The van der Waals surface area contributed by atoms with E-state index in [0.29, 0.717) is 24.7 Å². The lowest BCUT2D eigenvalue weighted by atomic mass is 9.95. The van der Waals surface area contributed by atoms with E-state index < -0.39 is 0 Å². The van der Waals surface area contributed by atoms with Gasteiger partial charge in [-0.1, -0.05) is 30.3 Å². The second-order valence-corrected chi connectivity index (χ2v) is 6.41. The fourth-order valence-electron chi connectivity index (χ4n) is 3.57. The van der Waals surface area contributed by atoms with Crippen LogP contribution in [0.25, 0.3) is 0 Å². The summed E-state index contributed by atoms with van der Waals surface area (Å²) in [4.78, 5) is 19.4. The number of hydrogen-bond donors (Lipinski definition) is 0. The number of aryl methyl sites for hydroxylation is 1. The molecule has 2 atom stereocenters. The number of ether oxygens (including phenoxy) is 1. The summed E-state index contributed by atoms with van der Waals surface area (Å²) in [6.45, 7) is 3.16. The molecule has 2 unspecified atom stereocenters. The zero-order valence-electron chi connectivity index (χ0n) is 13.8. The van der Waals surface area contributed by atoms with Crippen LogP contribution in [-0.4, -0.2) is 34.1 Å². The van der Waals surface area contributed by atoms with Crippen LogP contribution < -0.4 is 4.74 Å². The Balaban J connectivity index is 1.51. The lowest BCUT2D eigenvalue weighted by molar-refractivity contribution is -0.138. The summed E-state index contributed by atoms with van der Waals surface area (Å²) >= 11 is 0. The fourth-order valence-corrected chi connectivity index (χ4v) is 3.57. The second kappa shape index (κ2) is 6.26. The maximum Gasteiger partial charge on any atom is 0.230 e. The molecule has 0 N–H and O–H groups in total. The quantitative estimate of drug-likeness (QED) is 0.866. The van der Waals surface area contributed by atoms with Gasteiger partial charge in [0.25, 0.3) is 0 Å². The van der Waals surface area contributed by atoms with E-state index in [4.69, 9.17) is 9.26 Å². The van der Waals surface area contributed by atoms with Crippen molar-refractivity contribution in [2.45, 2.75) is 38.6 Å². The summed E-state index contributed by atoms with van der Waals surface area (Å²) in [5.74, 6) is 2.15. The van der Waals surface area contributed by atoms with E-state index in [2.05, 4.69) is 10.1 Å². The number of hydrogen-bond acceptors (Lipinski definition) is 5. The first-order valence-electron chi connectivity index (χ1n) is 8.60. The smallest absolute Gasteiger partial charge is 0.230 e. The highest BCUT2D eigenvalue weighted by molar-refractivity contribution is 5.80. The first-order valence-corrected chi connectivity index (χ1v) is 8.60. The SMILES string of the molecule is CCc1nc(C2CCCN2C(=O)C2COc3ccccc3C2)no1. The van der Waals surface area contributed by atoms with Crippen molar-refractivity contribution in [3.8, 4) is 5.75 Å². The molecule has 0 spiro atoms. The Hall–Kier alpha value is -2.37. The van der Waals surface area contributed by atoms with Crippen LogP contribution in [0, 0.1) is 5.92 Å². The number of likely N-dealkylation sites (tertiary alicyclic amines) is 1. The largest absolute Gasteiger partial charge is 0.492 e. The summed E-state index contributed by atoms with van der Waals surface area (Å²) in [7, 11) is 0. The van der Waals surface area contributed by atoms with Crippen molar-refractivity contribution >= 4 is 5.91 Å². The molecule has 3 heterocycles. The molecule has 1 saturated heterocycles. The first kappa shape index (κ1) is 15.2. The molecule has 6 nitrogen and oxygen atoms in total. The van der Waals surface area contributed by atoms with Gasteiger partial charge < -0.3 is 14.2 Å². The van der Waals surface area contributed by atoms with Crippen molar-refractivity contribution in [2.24, 2.45) is 5.92 Å². The maximum absolute atomic E-state index is 13.0. The Morgan fingerprint density at radius 1 is 1.38 bits per heavy atom. The Morgan fingerprint density at radius 2 is 2.25 bits per heavy atom. The molecule has 1 amide bonds.